The Kier molecular flexibility index (Phi) is 3.32. The second-order valence-electron chi connectivity index (χ2n) is 2.61. The van der Waals surface area contributed by atoms with Crippen molar-refractivity contribution >= 4 is 5.91 Å². The summed E-state index contributed by atoms with van der Waals surface area (Å²) in [6.07, 6.45) is 1.39. The molecule has 0 fully saturated rings. The third kappa shape index (κ3) is 2.33. The summed E-state index contributed by atoms with van der Waals surface area (Å²) in [5, 5.41) is 8.22. The predicted molar refractivity (Wildman–Crippen MR) is 37.4 cm³/mol. The van der Waals surface area contributed by atoms with E-state index < -0.39 is 11.4 Å². The number of carbonyl (C=O) groups is 1. The fraction of sp³-hybridized carbons (Fsp3) is 0.833. The first-order chi connectivity index (χ1) is 4.54. The standard InChI is InChI=1S/C6H14N2O2/c1-3-4-6(2,7)5(9)8-10/h10H,3-4,7H2,1-2H3,(H,8,9). The van der Waals surface area contributed by atoms with Gasteiger partial charge in [-0.05, 0) is 13.3 Å². The van der Waals surface area contributed by atoms with E-state index in [0.29, 0.717) is 6.42 Å². The molecule has 0 aromatic rings. The molecule has 1 atom stereocenters. The van der Waals surface area contributed by atoms with Crippen LogP contribution in [0.2, 0.25) is 0 Å². The number of nitrogens with one attached hydrogen (secondary N) is 1. The molecule has 60 valence electrons. The van der Waals surface area contributed by atoms with Crippen LogP contribution in [0.4, 0.5) is 0 Å². The molecular formula is C6H14N2O2. The fourth-order valence-electron chi connectivity index (χ4n) is 0.761. The van der Waals surface area contributed by atoms with Crippen LogP contribution in [0.1, 0.15) is 26.7 Å². The van der Waals surface area contributed by atoms with Crippen LogP contribution in [0.25, 0.3) is 0 Å². The third-order valence-corrected chi connectivity index (χ3v) is 1.39. The van der Waals surface area contributed by atoms with E-state index >= 15 is 0 Å². The van der Waals surface area contributed by atoms with Crippen LogP contribution in [0.3, 0.4) is 0 Å². The summed E-state index contributed by atoms with van der Waals surface area (Å²) in [4.78, 5) is 10.7. The van der Waals surface area contributed by atoms with Crippen LogP contribution in [0.15, 0.2) is 0 Å². The molecule has 4 nitrogen and oxygen atoms in total. The Bertz CT molecular complexity index is 123. The highest BCUT2D eigenvalue weighted by molar-refractivity contribution is 5.84. The van der Waals surface area contributed by atoms with Crippen LogP contribution >= 0.6 is 0 Å². The van der Waals surface area contributed by atoms with E-state index in [4.69, 9.17) is 10.9 Å². The Hall–Kier alpha value is -0.610. The Balaban J connectivity index is 3.96. The molecule has 10 heavy (non-hydrogen) atoms. The Morgan fingerprint density at radius 3 is 2.60 bits per heavy atom. The summed E-state index contributed by atoms with van der Waals surface area (Å²) in [6.45, 7) is 3.51. The maximum Gasteiger partial charge on any atom is 0.263 e. The lowest BCUT2D eigenvalue weighted by Gasteiger charge is -2.20. The van der Waals surface area contributed by atoms with Crippen LogP contribution in [-0.2, 0) is 4.79 Å². The van der Waals surface area contributed by atoms with E-state index in [2.05, 4.69) is 0 Å². The van der Waals surface area contributed by atoms with E-state index in [-0.39, 0.29) is 0 Å². The summed E-state index contributed by atoms with van der Waals surface area (Å²) in [5.41, 5.74) is 6.09. The van der Waals surface area contributed by atoms with Gasteiger partial charge in [0.15, 0.2) is 0 Å². The average molecular weight is 146 g/mol. The van der Waals surface area contributed by atoms with Gasteiger partial charge >= 0.3 is 0 Å². The molecule has 0 spiro atoms. The van der Waals surface area contributed by atoms with Crippen molar-refractivity contribution in [3.63, 3.8) is 0 Å². The predicted octanol–water partition coefficient (Wildman–Crippen LogP) is 0.00930. The van der Waals surface area contributed by atoms with Crippen LogP contribution in [-0.4, -0.2) is 16.7 Å². The molecule has 0 aliphatic heterocycles. The Morgan fingerprint density at radius 2 is 2.30 bits per heavy atom. The first-order valence-electron chi connectivity index (χ1n) is 3.28. The number of nitrogens with two attached hydrogens (primary N) is 1. The second kappa shape index (κ2) is 3.53. The maximum absolute atomic E-state index is 10.7. The van der Waals surface area contributed by atoms with E-state index in [1.54, 1.807) is 6.92 Å². The van der Waals surface area contributed by atoms with Crippen molar-refractivity contribution in [1.82, 2.24) is 5.48 Å². The average Bonchev–Trinajstić information content (AvgIpc) is 1.86. The number of hydrogen-bond acceptors (Lipinski definition) is 3. The highest BCUT2D eigenvalue weighted by Crippen LogP contribution is 2.07. The molecule has 4 heteroatoms. The molecule has 1 unspecified atom stereocenters. The molecular weight excluding hydrogens is 132 g/mol. The summed E-state index contributed by atoms with van der Waals surface area (Å²) in [7, 11) is 0. The molecule has 0 saturated heterocycles. The van der Waals surface area contributed by atoms with Gasteiger partial charge < -0.3 is 5.73 Å². The minimum atomic E-state index is -0.941. The summed E-state index contributed by atoms with van der Waals surface area (Å²) in [6, 6.07) is 0. The lowest BCUT2D eigenvalue weighted by atomic mass is 9.97. The zero-order valence-electron chi connectivity index (χ0n) is 6.35. The SMILES string of the molecule is CCCC(C)(N)C(=O)NO. The first kappa shape index (κ1) is 9.39. The second-order valence-corrected chi connectivity index (χ2v) is 2.61. The van der Waals surface area contributed by atoms with Gasteiger partial charge in [0.1, 0.15) is 0 Å². The minimum absolute atomic E-state index is 0.533. The third-order valence-electron chi connectivity index (χ3n) is 1.39. The maximum atomic E-state index is 10.7. The number of hydroxylamine groups is 1. The van der Waals surface area contributed by atoms with Gasteiger partial charge in [-0.3, -0.25) is 10.0 Å². The van der Waals surface area contributed by atoms with Crippen molar-refractivity contribution in [2.75, 3.05) is 0 Å². The topological polar surface area (TPSA) is 75.4 Å². The van der Waals surface area contributed by atoms with Crippen molar-refractivity contribution in [3.8, 4) is 0 Å². The molecule has 0 heterocycles. The lowest BCUT2D eigenvalue weighted by Crippen LogP contribution is -2.50. The quantitative estimate of drug-likeness (QED) is 0.388. The van der Waals surface area contributed by atoms with Crippen molar-refractivity contribution in [2.45, 2.75) is 32.2 Å². The van der Waals surface area contributed by atoms with E-state index in [1.165, 1.54) is 5.48 Å². The summed E-state index contributed by atoms with van der Waals surface area (Å²) < 4.78 is 0. The molecule has 0 aromatic heterocycles. The summed E-state index contributed by atoms with van der Waals surface area (Å²) >= 11 is 0. The van der Waals surface area contributed by atoms with Gasteiger partial charge in [0, 0.05) is 0 Å². The number of amides is 1. The molecule has 0 aromatic carbocycles. The van der Waals surface area contributed by atoms with Gasteiger partial charge in [-0.25, -0.2) is 5.48 Å². The first-order valence-corrected chi connectivity index (χ1v) is 3.28. The highest BCUT2D eigenvalue weighted by Gasteiger charge is 2.26. The van der Waals surface area contributed by atoms with Gasteiger partial charge in [0.05, 0.1) is 5.54 Å². The van der Waals surface area contributed by atoms with Crippen molar-refractivity contribution in [2.24, 2.45) is 5.73 Å². The van der Waals surface area contributed by atoms with Crippen LogP contribution in [0, 0.1) is 0 Å². The Labute approximate surface area is 60.4 Å². The van der Waals surface area contributed by atoms with E-state index in [1.807, 2.05) is 6.92 Å². The smallest absolute Gasteiger partial charge is 0.263 e. The van der Waals surface area contributed by atoms with E-state index in [9.17, 15) is 4.79 Å². The molecule has 0 bridgehead atoms. The highest BCUT2D eigenvalue weighted by atomic mass is 16.5. The molecule has 0 aliphatic carbocycles. The zero-order valence-corrected chi connectivity index (χ0v) is 6.35. The van der Waals surface area contributed by atoms with Gasteiger partial charge in [-0.15, -0.1) is 0 Å². The molecule has 0 saturated carbocycles. The summed E-state index contributed by atoms with van der Waals surface area (Å²) in [5.74, 6) is -0.533. The molecule has 0 aliphatic rings. The number of hydrogen-bond donors (Lipinski definition) is 3. The van der Waals surface area contributed by atoms with Gasteiger partial charge in [0.2, 0.25) is 0 Å². The van der Waals surface area contributed by atoms with Gasteiger partial charge in [-0.2, -0.15) is 0 Å². The zero-order chi connectivity index (χ0) is 8.20. The monoisotopic (exact) mass is 146 g/mol. The van der Waals surface area contributed by atoms with Crippen LogP contribution < -0.4 is 11.2 Å². The normalized spacial score (nSPS) is 16.0. The van der Waals surface area contributed by atoms with Gasteiger partial charge in [0.25, 0.3) is 5.91 Å². The van der Waals surface area contributed by atoms with Gasteiger partial charge in [-0.1, -0.05) is 13.3 Å². The molecule has 0 rings (SSSR count). The molecule has 4 N–H and O–H groups in total. The van der Waals surface area contributed by atoms with Crippen molar-refractivity contribution in [3.05, 3.63) is 0 Å². The lowest BCUT2D eigenvalue weighted by molar-refractivity contribution is -0.134. The molecule has 0 radical (unpaired) electrons. The van der Waals surface area contributed by atoms with E-state index in [0.717, 1.165) is 6.42 Å². The molecule has 1 amide bonds. The van der Waals surface area contributed by atoms with Crippen molar-refractivity contribution in [1.29, 1.82) is 0 Å². The van der Waals surface area contributed by atoms with Crippen molar-refractivity contribution < 1.29 is 10.0 Å². The minimum Gasteiger partial charge on any atom is -0.318 e. The Morgan fingerprint density at radius 1 is 1.80 bits per heavy atom. The largest absolute Gasteiger partial charge is 0.318 e. The number of rotatable bonds is 3. The number of carbonyl (C=O) groups excluding carboxylic acids is 1. The van der Waals surface area contributed by atoms with Crippen LogP contribution in [0.5, 0.6) is 0 Å². The fourth-order valence-corrected chi connectivity index (χ4v) is 0.761.